The van der Waals surface area contributed by atoms with Crippen molar-refractivity contribution in [2.24, 2.45) is 5.73 Å². The van der Waals surface area contributed by atoms with Crippen LogP contribution in [0.2, 0.25) is 0 Å². The second-order valence-electron chi connectivity index (χ2n) is 5.06. The molecule has 1 fully saturated rings. The summed E-state index contributed by atoms with van der Waals surface area (Å²) < 4.78 is 27.1. The zero-order chi connectivity index (χ0) is 13.9. The molecular weight excluding hydrogens is 260 g/mol. The summed E-state index contributed by atoms with van der Waals surface area (Å²) in [5.41, 5.74) is 7.34. The Bertz CT molecular complexity index is 532. The lowest BCUT2D eigenvalue weighted by molar-refractivity contribution is 0.423. The van der Waals surface area contributed by atoms with Gasteiger partial charge in [-0.2, -0.15) is 4.31 Å². The molecule has 1 aliphatic rings. The van der Waals surface area contributed by atoms with E-state index in [1.54, 1.807) is 16.4 Å². The van der Waals surface area contributed by atoms with E-state index in [9.17, 15) is 8.42 Å². The Hall–Kier alpha value is -0.910. The minimum Gasteiger partial charge on any atom is -0.326 e. The van der Waals surface area contributed by atoms with Gasteiger partial charge in [-0.15, -0.1) is 0 Å². The molecule has 1 saturated heterocycles. The Kier molecular flexibility index (Phi) is 4.60. The van der Waals surface area contributed by atoms with Crippen LogP contribution in [0, 0.1) is 6.92 Å². The highest BCUT2D eigenvalue weighted by Crippen LogP contribution is 2.24. The SMILES string of the molecule is Cc1c(CN)cccc1S(=O)(=O)N1CCCCCC1. The highest BCUT2D eigenvalue weighted by atomic mass is 32.2. The number of nitrogens with zero attached hydrogens (tertiary/aromatic N) is 1. The maximum atomic E-state index is 12.7. The van der Waals surface area contributed by atoms with E-state index in [1.807, 2.05) is 13.0 Å². The molecule has 2 N–H and O–H groups in total. The first-order valence-electron chi connectivity index (χ1n) is 6.86. The lowest BCUT2D eigenvalue weighted by Gasteiger charge is -2.21. The van der Waals surface area contributed by atoms with E-state index in [2.05, 4.69) is 0 Å². The molecule has 1 heterocycles. The number of hydrogen-bond acceptors (Lipinski definition) is 3. The largest absolute Gasteiger partial charge is 0.326 e. The summed E-state index contributed by atoms with van der Waals surface area (Å²) >= 11 is 0. The first-order chi connectivity index (χ1) is 9.07. The van der Waals surface area contributed by atoms with Crippen LogP contribution < -0.4 is 5.73 Å². The predicted octanol–water partition coefficient (Wildman–Crippen LogP) is 2.02. The Morgan fingerprint density at radius 1 is 1.16 bits per heavy atom. The van der Waals surface area contributed by atoms with Gasteiger partial charge < -0.3 is 5.73 Å². The van der Waals surface area contributed by atoms with Crippen molar-refractivity contribution in [2.75, 3.05) is 13.1 Å². The third-order valence-electron chi connectivity index (χ3n) is 3.80. The molecule has 106 valence electrons. The van der Waals surface area contributed by atoms with Gasteiger partial charge in [0.25, 0.3) is 0 Å². The number of sulfonamides is 1. The van der Waals surface area contributed by atoms with Crippen LogP contribution in [-0.4, -0.2) is 25.8 Å². The fourth-order valence-electron chi connectivity index (χ4n) is 2.58. The van der Waals surface area contributed by atoms with Crippen molar-refractivity contribution in [3.8, 4) is 0 Å². The van der Waals surface area contributed by atoms with E-state index >= 15 is 0 Å². The predicted molar refractivity (Wildman–Crippen MR) is 76.3 cm³/mol. The van der Waals surface area contributed by atoms with Crippen molar-refractivity contribution in [2.45, 2.75) is 44.0 Å². The smallest absolute Gasteiger partial charge is 0.243 e. The van der Waals surface area contributed by atoms with Gasteiger partial charge in [-0.1, -0.05) is 25.0 Å². The van der Waals surface area contributed by atoms with Gasteiger partial charge in [0.15, 0.2) is 0 Å². The molecule has 0 radical (unpaired) electrons. The summed E-state index contributed by atoms with van der Waals surface area (Å²) in [5.74, 6) is 0. The molecule has 0 aromatic heterocycles. The van der Waals surface area contributed by atoms with E-state index in [0.29, 0.717) is 24.5 Å². The van der Waals surface area contributed by atoms with Crippen molar-refractivity contribution in [3.05, 3.63) is 29.3 Å². The van der Waals surface area contributed by atoms with Gasteiger partial charge in [-0.05, 0) is 37.0 Å². The van der Waals surface area contributed by atoms with Crippen molar-refractivity contribution >= 4 is 10.0 Å². The molecule has 1 aliphatic heterocycles. The van der Waals surface area contributed by atoms with Gasteiger partial charge in [0.2, 0.25) is 10.0 Å². The minimum atomic E-state index is -3.37. The second-order valence-corrected chi connectivity index (χ2v) is 6.97. The molecule has 1 aromatic carbocycles. The Morgan fingerprint density at radius 3 is 2.37 bits per heavy atom. The van der Waals surface area contributed by atoms with E-state index in [1.165, 1.54) is 0 Å². The van der Waals surface area contributed by atoms with E-state index in [4.69, 9.17) is 5.73 Å². The normalized spacial score (nSPS) is 18.2. The van der Waals surface area contributed by atoms with Crippen LogP contribution in [0.5, 0.6) is 0 Å². The lowest BCUT2D eigenvalue weighted by Crippen LogP contribution is -2.32. The van der Waals surface area contributed by atoms with E-state index in [-0.39, 0.29) is 0 Å². The third kappa shape index (κ3) is 2.99. The number of rotatable bonds is 3. The van der Waals surface area contributed by atoms with Crippen molar-refractivity contribution in [3.63, 3.8) is 0 Å². The van der Waals surface area contributed by atoms with E-state index in [0.717, 1.165) is 36.8 Å². The van der Waals surface area contributed by atoms with Crippen molar-refractivity contribution in [1.29, 1.82) is 0 Å². The maximum absolute atomic E-state index is 12.7. The van der Waals surface area contributed by atoms with Crippen LogP contribution in [0.4, 0.5) is 0 Å². The standard InChI is InChI=1S/C14H22N2O2S/c1-12-13(11-15)7-6-8-14(12)19(17,18)16-9-4-2-3-5-10-16/h6-8H,2-5,9-11,15H2,1H3. The Balaban J connectivity index is 2.38. The maximum Gasteiger partial charge on any atom is 0.243 e. The van der Waals surface area contributed by atoms with Gasteiger partial charge in [-0.3, -0.25) is 0 Å². The zero-order valence-electron chi connectivity index (χ0n) is 11.4. The molecule has 0 atom stereocenters. The number of hydrogen-bond donors (Lipinski definition) is 1. The van der Waals surface area contributed by atoms with E-state index < -0.39 is 10.0 Å². The summed E-state index contributed by atoms with van der Waals surface area (Å²) in [6.07, 6.45) is 4.14. The Morgan fingerprint density at radius 2 is 1.79 bits per heavy atom. The highest BCUT2D eigenvalue weighted by Gasteiger charge is 2.26. The topological polar surface area (TPSA) is 63.4 Å². The lowest BCUT2D eigenvalue weighted by atomic mass is 10.1. The third-order valence-corrected chi connectivity index (χ3v) is 5.84. The second kappa shape index (κ2) is 6.03. The minimum absolute atomic E-state index is 0.370. The van der Waals surface area contributed by atoms with Crippen molar-refractivity contribution in [1.82, 2.24) is 4.31 Å². The fourth-order valence-corrected chi connectivity index (χ4v) is 4.37. The summed E-state index contributed by atoms with van der Waals surface area (Å²) in [5, 5.41) is 0. The summed E-state index contributed by atoms with van der Waals surface area (Å²) in [7, 11) is -3.37. The molecule has 0 amide bonds. The van der Waals surface area contributed by atoms with Crippen LogP contribution in [0.1, 0.15) is 36.8 Å². The van der Waals surface area contributed by atoms with Gasteiger partial charge in [-0.25, -0.2) is 8.42 Å². The molecule has 2 rings (SSSR count). The average Bonchev–Trinajstić information content (AvgIpc) is 2.68. The first-order valence-corrected chi connectivity index (χ1v) is 8.30. The molecule has 0 saturated carbocycles. The van der Waals surface area contributed by atoms with Crippen molar-refractivity contribution < 1.29 is 8.42 Å². The van der Waals surface area contributed by atoms with Crippen LogP contribution >= 0.6 is 0 Å². The molecular formula is C14H22N2O2S. The summed E-state index contributed by atoms with van der Waals surface area (Å²) in [4.78, 5) is 0.414. The molecule has 1 aromatic rings. The molecule has 5 heteroatoms. The first kappa shape index (κ1) is 14.5. The fraction of sp³-hybridized carbons (Fsp3) is 0.571. The molecule has 19 heavy (non-hydrogen) atoms. The highest BCUT2D eigenvalue weighted by molar-refractivity contribution is 7.89. The number of nitrogens with two attached hydrogens (primary N) is 1. The molecule has 4 nitrogen and oxygen atoms in total. The van der Waals surface area contributed by atoms with Gasteiger partial charge in [0.05, 0.1) is 4.90 Å². The van der Waals surface area contributed by atoms with Crippen LogP contribution in [0.3, 0.4) is 0 Å². The van der Waals surface area contributed by atoms with Gasteiger partial charge in [0, 0.05) is 19.6 Å². The van der Waals surface area contributed by atoms with Gasteiger partial charge >= 0.3 is 0 Å². The Labute approximate surface area is 115 Å². The molecule has 0 bridgehead atoms. The van der Waals surface area contributed by atoms with Crippen LogP contribution in [-0.2, 0) is 16.6 Å². The number of benzene rings is 1. The summed E-state index contributed by atoms with van der Waals surface area (Å²) in [6, 6.07) is 5.35. The quantitative estimate of drug-likeness (QED) is 0.922. The molecule has 0 aliphatic carbocycles. The summed E-state index contributed by atoms with van der Waals surface area (Å²) in [6.45, 7) is 3.48. The molecule has 0 unspecified atom stereocenters. The molecule has 0 spiro atoms. The van der Waals surface area contributed by atoms with Crippen LogP contribution in [0.15, 0.2) is 23.1 Å². The zero-order valence-corrected chi connectivity index (χ0v) is 12.2. The van der Waals surface area contributed by atoms with Gasteiger partial charge in [0.1, 0.15) is 0 Å². The monoisotopic (exact) mass is 282 g/mol. The average molecular weight is 282 g/mol. The van der Waals surface area contributed by atoms with Crippen LogP contribution in [0.25, 0.3) is 0 Å².